The summed E-state index contributed by atoms with van der Waals surface area (Å²) in [4.78, 5) is 12.2. The Morgan fingerprint density at radius 3 is 2.84 bits per heavy atom. The number of hydrogen-bond acceptors (Lipinski definition) is 2. The Hall–Kier alpha value is -1.35. The highest BCUT2D eigenvalue weighted by Crippen LogP contribution is 2.23. The fourth-order valence-corrected chi connectivity index (χ4v) is 2.83. The molecule has 0 spiro atoms. The van der Waals surface area contributed by atoms with Gasteiger partial charge in [-0.2, -0.15) is 0 Å². The van der Waals surface area contributed by atoms with Crippen molar-refractivity contribution < 1.29 is 9.90 Å². The molecule has 19 heavy (non-hydrogen) atoms. The molecule has 2 unspecified atom stereocenters. The van der Waals surface area contributed by atoms with Gasteiger partial charge in [0.25, 0.3) is 5.91 Å². The van der Waals surface area contributed by atoms with Crippen LogP contribution in [0, 0.1) is 12.8 Å². The maximum absolute atomic E-state index is 12.2. The fraction of sp³-hybridized carbons (Fsp3) is 0.562. The summed E-state index contributed by atoms with van der Waals surface area (Å²) in [5.41, 5.74) is 1.80. The van der Waals surface area contributed by atoms with Crippen LogP contribution in [0.3, 0.4) is 0 Å². The van der Waals surface area contributed by atoms with E-state index in [-0.39, 0.29) is 24.5 Å². The minimum Gasteiger partial charge on any atom is -0.396 e. The van der Waals surface area contributed by atoms with Crippen molar-refractivity contribution in [3.8, 4) is 0 Å². The molecule has 1 aliphatic carbocycles. The van der Waals surface area contributed by atoms with E-state index in [9.17, 15) is 9.90 Å². The normalized spacial score (nSPS) is 23.7. The van der Waals surface area contributed by atoms with Crippen molar-refractivity contribution in [3.63, 3.8) is 0 Å². The van der Waals surface area contributed by atoms with Crippen molar-refractivity contribution in [3.05, 3.63) is 35.4 Å². The van der Waals surface area contributed by atoms with E-state index in [2.05, 4.69) is 5.32 Å². The Labute approximate surface area is 115 Å². The van der Waals surface area contributed by atoms with Gasteiger partial charge in [-0.15, -0.1) is 0 Å². The number of nitrogens with one attached hydrogen (secondary N) is 1. The quantitative estimate of drug-likeness (QED) is 0.822. The highest BCUT2D eigenvalue weighted by molar-refractivity contribution is 5.94. The van der Waals surface area contributed by atoms with Crippen LogP contribution in [0.1, 0.15) is 48.0 Å². The third-order valence-corrected chi connectivity index (χ3v) is 3.99. The van der Waals surface area contributed by atoms with Crippen LogP contribution in [0.15, 0.2) is 24.3 Å². The first-order valence-corrected chi connectivity index (χ1v) is 7.19. The lowest BCUT2D eigenvalue weighted by molar-refractivity contribution is 0.0899. The van der Waals surface area contributed by atoms with Gasteiger partial charge >= 0.3 is 0 Å². The molecule has 1 amide bonds. The number of rotatable bonds is 3. The summed E-state index contributed by atoms with van der Waals surface area (Å²) < 4.78 is 0. The largest absolute Gasteiger partial charge is 0.396 e. The highest BCUT2D eigenvalue weighted by Gasteiger charge is 2.24. The molecule has 2 atom stereocenters. The second-order valence-corrected chi connectivity index (χ2v) is 5.53. The first-order chi connectivity index (χ1) is 9.20. The van der Waals surface area contributed by atoms with Crippen molar-refractivity contribution >= 4 is 5.91 Å². The molecule has 0 heterocycles. The topological polar surface area (TPSA) is 49.3 Å². The number of hydrogen-bond donors (Lipinski definition) is 2. The van der Waals surface area contributed by atoms with E-state index in [1.165, 1.54) is 6.42 Å². The van der Waals surface area contributed by atoms with Gasteiger partial charge in [0.15, 0.2) is 0 Å². The molecule has 0 radical (unpaired) electrons. The van der Waals surface area contributed by atoms with E-state index in [1.807, 2.05) is 31.2 Å². The summed E-state index contributed by atoms with van der Waals surface area (Å²) in [5.74, 6) is 0.185. The minimum atomic E-state index is -0.0194. The smallest absolute Gasteiger partial charge is 0.251 e. The second-order valence-electron chi connectivity index (χ2n) is 5.53. The number of aliphatic hydroxyl groups is 1. The van der Waals surface area contributed by atoms with Gasteiger partial charge in [-0.25, -0.2) is 0 Å². The standard InChI is InChI=1S/C16H23NO2/c1-12-6-5-8-13(10-12)16(19)17-15-9-4-2-3-7-14(15)11-18/h5-6,8,10,14-15,18H,2-4,7,9,11H2,1H3,(H,17,19). The molecule has 1 aliphatic rings. The predicted molar refractivity (Wildman–Crippen MR) is 76.1 cm³/mol. The zero-order chi connectivity index (χ0) is 13.7. The molecule has 0 aliphatic heterocycles. The maximum atomic E-state index is 12.2. The molecule has 2 N–H and O–H groups in total. The molecule has 1 fully saturated rings. The van der Waals surface area contributed by atoms with E-state index in [0.717, 1.165) is 31.2 Å². The molecule has 0 bridgehead atoms. The van der Waals surface area contributed by atoms with Crippen molar-refractivity contribution in [2.45, 2.75) is 45.1 Å². The monoisotopic (exact) mass is 261 g/mol. The van der Waals surface area contributed by atoms with E-state index < -0.39 is 0 Å². The maximum Gasteiger partial charge on any atom is 0.251 e. The third-order valence-electron chi connectivity index (χ3n) is 3.99. The van der Waals surface area contributed by atoms with Gasteiger partial charge in [0.2, 0.25) is 0 Å². The van der Waals surface area contributed by atoms with Gasteiger partial charge in [0, 0.05) is 24.1 Å². The Balaban J connectivity index is 2.04. The van der Waals surface area contributed by atoms with E-state index in [1.54, 1.807) is 0 Å². The lowest BCUT2D eigenvalue weighted by atomic mass is 9.95. The van der Waals surface area contributed by atoms with Crippen molar-refractivity contribution in [1.29, 1.82) is 0 Å². The molecule has 3 heteroatoms. The molecule has 0 aromatic heterocycles. The first-order valence-electron chi connectivity index (χ1n) is 7.19. The van der Waals surface area contributed by atoms with Crippen LogP contribution in [0.4, 0.5) is 0 Å². The SMILES string of the molecule is Cc1cccc(C(=O)NC2CCCCCC2CO)c1. The van der Waals surface area contributed by atoms with E-state index in [0.29, 0.717) is 5.56 Å². The van der Waals surface area contributed by atoms with E-state index >= 15 is 0 Å². The van der Waals surface area contributed by atoms with Crippen LogP contribution >= 0.6 is 0 Å². The molecule has 3 nitrogen and oxygen atoms in total. The Kier molecular flexibility index (Phi) is 4.97. The number of aliphatic hydroxyl groups excluding tert-OH is 1. The van der Waals surface area contributed by atoms with Crippen LogP contribution in [-0.2, 0) is 0 Å². The molecule has 1 saturated carbocycles. The van der Waals surface area contributed by atoms with Gasteiger partial charge in [-0.3, -0.25) is 4.79 Å². The summed E-state index contributed by atoms with van der Waals surface area (Å²) in [6, 6.07) is 7.74. The van der Waals surface area contributed by atoms with Crippen LogP contribution in [0.2, 0.25) is 0 Å². The summed E-state index contributed by atoms with van der Waals surface area (Å²) in [7, 11) is 0. The molecule has 0 saturated heterocycles. The van der Waals surface area contributed by atoms with Crippen LogP contribution in [0.5, 0.6) is 0 Å². The van der Waals surface area contributed by atoms with Crippen LogP contribution in [-0.4, -0.2) is 23.7 Å². The number of benzene rings is 1. The predicted octanol–water partition coefficient (Wildman–Crippen LogP) is 2.67. The lowest BCUT2D eigenvalue weighted by Crippen LogP contribution is -2.41. The molecule has 1 aromatic carbocycles. The molecular weight excluding hydrogens is 238 g/mol. The number of carbonyl (C=O) groups excluding carboxylic acids is 1. The van der Waals surface area contributed by atoms with Gasteiger partial charge in [-0.05, 0) is 31.9 Å². The molecule has 2 rings (SSSR count). The van der Waals surface area contributed by atoms with Gasteiger partial charge in [0.05, 0.1) is 0 Å². The van der Waals surface area contributed by atoms with Crippen LogP contribution < -0.4 is 5.32 Å². The fourth-order valence-electron chi connectivity index (χ4n) is 2.83. The van der Waals surface area contributed by atoms with E-state index in [4.69, 9.17) is 0 Å². The summed E-state index contributed by atoms with van der Waals surface area (Å²) >= 11 is 0. The second kappa shape index (κ2) is 6.71. The van der Waals surface area contributed by atoms with Gasteiger partial charge in [0.1, 0.15) is 0 Å². The first kappa shape index (κ1) is 14.1. The minimum absolute atomic E-state index is 0.0194. The number of amides is 1. The van der Waals surface area contributed by atoms with Crippen molar-refractivity contribution in [1.82, 2.24) is 5.32 Å². The zero-order valence-electron chi connectivity index (χ0n) is 11.6. The van der Waals surface area contributed by atoms with Gasteiger partial charge in [-0.1, -0.05) is 37.0 Å². The number of aryl methyl sites for hydroxylation is 1. The van der Waals surface area contributed by atoms with Crippen molar-refractivity contribution in [2.24, 2.45) is 5.92 Å². The lowest BCUT2D eigenvalue weighted by Gasteiger charge is -2.24. The Bertz CT molecular complexity index is 431. The van der Waals surface area contributed by atoms with Crippen molar-refractivity contribution in [2.75, 3.05) is 6.61 Å². The Morgan fingerprint density at radius 1 is 1.32 bits per heavy atom. The summed E-state index contributed by atoms with van der Waals surface area (Å²) in [6.45, 7) is 2.15. The molecule has 1 aromatic rings. The van der Waals surface area contributed by atoms with Crippen LogP contribution in [0.25, 0.3) is 0 Å². The molecular formula is C16H23NO2. The van der Waals surface area contributed by atoms with Gasteiger partial charge < -0.3 is 10.4 Å². The zero-order valence-corrected chi connectivity index (χ0v) is 11.6. The average Bonchev–Trinajstić information content (AvgIpc) is 2.63. The average molecular weight is 261 g/mol. The molecule has 104 valence electrons. The Morgan fingerprint density at radius 2 is 2.11 bits per heavy atom. The number of carbonyl (C=O) groups is 1. The highest BCUT2D eigenvalue weighted by atomic mass is 16.3. The summed E-state index contributed by atoms with van der Waals surface area (Å²) in [6.07, 6.45) is 5.47. The third kappa shape index (κ3) is 3.80. The summed E-state index contributed by atoms with van der Waals surface area (Å²) in [5, 5.41) is 12.6.